The van der Waals surface area contributed by atoms with Crippen LogP contribution >= 0.6 is 34.3 Å². The van der Waals surface area contributed by atoms with Crippen LogP contribution in [0.4, 0.5) is 0 Å². The Labute approximate surface area is 188 Å². The van der Waals surface area contributed by atoms with Crippen LogP contribution in [0, 0.1) is 0 Å². The Morgan fingerprint density at radius 3 is 2.53 bits per heavy atom. The van der Waals surface area contributed by atoms with Gasteiger partial charge in [-0.1, -0.05) is 41.9 Å². The Morgan fingerprint density at radius 1 is 1.17 bits per heavy atom. The molecule has 2 aromatic heterocycles. The highest BCUT2D eigenvalue weighted by molar-refractivity contribution is 7.23. The maximum absolute atomic E-state index is 12.9. The molecule has 0 radical (unpaired) electrons. The number of nitrogens with zero attached hydrogens (tertiary/aromatic N) is 2. The van der Waals surface area contributed by atoms with E-state index in [1.807, 2.05) is 52.7 Å². The number of ether oxygens (including phenoxy) is 1. The predicted molar refractivity (Wildman–Crippen MR) is 120 cm³/mol. The molecular formula is C22H21ClN2O3S2. The molecule has 1 saturated heterocycles. The molecule has 0 spiro atoms. The first-order valence-corrected chi connectivity index (χ1v) is 11.7. The normalized spacial score (nSPS) is 15.7. The quantitative estimate of drug-likeness (QED) is 0.513. The van der Waals surface area contributed by atoms with Crippen LogP contribution in [0.5, 0.6) is 0 Å². The largest absolute Gasteiger partial charge is 0.468 e. The third-order valence-corrected chi connectivity index (χ3v) is 7.83. The molecule has 0 unspecified atom stereocenters. The minimum Gasteiger partial charge on any atom is -0.468 e. The molecule has 0 saturated carbocycles. The second-order valence-electron chi connectivity index (χ2n) is 7.25. The number of halogens is 1. The number of thiazole rings is 1. The van der Waals surface area contributed by atoms with Gasteiger partial charge in [-0.3, -0.25) is 9.59 Å². The van der Waals surface area contributed by atoms with Crippen LogP contribution in [-0.2, 0) is 26.2 Å². The summed E-state index contributed by atoms with van der Waals surface area (Å²) in [6.07, 6.45) is 1.35. The highest BCUT2D eigenvalue weighted by Crippen LogP contribution is 2.37. The Bertz CT molecular complexity index is 1040. The molecule has 8 heteroatoms. The third kappa shape index (κ3) is 4.15. The van der Waals surface area contributed by atoms with Crippen molar-refractivity contribution in [1.82, 2.24) is 9.88 Å². The van der Waals surface area contributed by atoms with E-state index in [2.05, 4.69) is 4.98 Å². The van der Waals surface area contributed by atoms with Gasteiger partial charge < -0.3 is 9.64 Å². The van der Waals surface area contributed by atoms with Crippen molar-refractivity contribution in [3.63, 3.8) is 0 Å². The maximum Gasteiger partial charge on any atom is 0.316 e. The summed E-state index contributed by atoms with van der Waals surface area (Å²) in [7, 11) is 1.42. The van der Waals surface area contributed by atoms with Crippen LogP contribution in [0.2, 0.25) is 4.34 Å². The van der Waals surface area contributed by atoms with Gasteiger partial charge in [0.25, 0.3) is 0 Å². The smallest absolute Gasteiger partial charge is 0.316 e. The summed E-state index contributed by atoms with van der Waals surface area (Å²) in [5.41, 5.74) is 1.01. The van der Waals surface area contributed by atoms with E-state index in [0.717, 1.165) is 25.5 Å². The van der Waals surface area contributed by atoms with E-state index in [4.69, 9.17) is 16.3 Å². The number of amides is 1. The van der Waals surface area contributed by atoms with E-state index < -0.39 is 5.41 Å². The molecule has 1 fully saturated rings. The summed E-state index contributed by atoms with van der Waals surface area (Å²) in [6.45, 7) is 1.03. The van der Waals surface area contributed by atoms with Crippen LogP contribution in [0.25, 0.3) is 9.88 Å². The molecule has 5 nitrogen and oxygen atoms in total. The molecule has 1 aliphatic heterocycles. The van der Waals surface area contributed by atoms with Crippen molar-refractivity contribution in [3.05, 3.63) is 63.4 Å². The van der Waals surface area contributed by atoms with Gasteiger partial charge in [-0.25, -0.2) is 4.98 Å². The number of hydrogen-bond acceptors (Lipinski definition) is 6. The number of thiophene rings is 1. The number of methoxy groups -OCH3 is 1. The first kappa shape index (κ1) is 21.0. The molecule has 1 amide bonds. The van der Waals surface area contributed by atoms with Crippen molar-refractivity contribution in [3.8, 4) is 9.88 Å². The summed E-state index contributed by atoms with van der Waals surface area (Å²) < 4.78 is 5.85. The minimum absolute atomic E-state index is 0.0302. The number of piperidine rings is 1. The van der Waals surface area contributed by atoms with E-state index in [-0.39, 0.29) is 18.3 Å². The van der Waals surface area contributed by atoms with Gasteiger partial charge in [0.15, 0.2) is 0 Å². The van der Waals surface area contributed by atoms with Crippen LogP contribution < -0.4 is 0 Å². The predicted octanol–water partition coefficient (Wildman–Crippen LogP) is 4.80. The summed E-state index contributed by atoms with van der Waals surface area (Å²) in [5, 5.41) is 2.80. The van der Waals surface area contributed by atoms with Crippen molar-refractivity contribution in [2.75, 3.05) is 20.2 Å². The molecule has 0 bridgehead atoms. The Balaban J connectivity index is 1.43. The van der Waals surface area contributed by atoms with E-state index in [0.29, 0.717) is 25.9 Å². The van der Waals surface area contributed by atoms with E-state index >= 15 is 0 Å². The topological polar surface area (TPSA) is 59.5 Å². The molecule has 1 aromatic carbocycles. The molecule has 0 atom stereocenters. The van der Waals surface area contributed by atoms with Crippen molar-refractivity contribution in [1.29, 1.82) is 0 Å². The van der Waals surface area contributed by atoms with E-state index in [1.165, 1.54) is 29.8 Å². The summed E-state index contributed by atoms with van der Waals surface area (Å²) in [5.74, 6) is -0.206. The number of likely N-dealkylation sites (tertiary alicyclic amines) is 1. The van der Waals surface area contributed by atoms with Gasteiger partial charge in [0.2, 0.25) is 5.91 Å². The number of benzene rings is 1. The third-order valence-electron chi connectivity index (χ3n) is 5.54. The number of carbonyl (C=O) groups excluding carboxylic acids is 2. The molecular weight excluding hydrogens is 440 g/mol. The lowest BCUT2D eigenvalue weighted by Gasteiger charge is -2.40. The number of esters is 1. The van der Waals surface area contributed by atoms with E-state index in [1.54, 1.807) is 0 Å². The first-order chi connectivity index (χ1) is 14.5. The molecule has 3 aromatic rings. The highest BCUT2D eigenvalue weighted by atomic mass is 35.5. The fourth-order valence-electron chi connectivity index (χ4n) is 3.90. The van der Waals surface area contributed by atoms with Crippen molar-refractivity contribution < 1.29 is 14.3 Å². The lowest BCUT2D eigenvalue weighted by Crippen LogP contribution is -2.49. The van der Waals surface area contributed by atoms with Gasteiger partial charge in [0.1, 0.15) is 5.01 Å². The van der Waals surface area contributed by atoms with Crippen LogP contribution in [0.15, 0.2) is 47.8 Å². The van der Waals surface area contributed by atoms with Gasteiger partial charge in [-0.05, 0) is 30.5 Å². The molecule has 4 rings (SSSR count). The summed E-state index contributed by atoms with van der Waals surface area (Å²) in [4.78, 5) is 32.9. The number of carbonyl (C=O) groups is 2. The minimum atomic E-state index is -0.695. The molecule has 156 valence electrons. The van der Waals surface area contributed by atoms with Gasteiger partial charge >= 0.3 is 5.97 Å². The number of rotatable bonds is 5. The Kier molecular flexibility index (Phi) is 6.22. The van der Waals surface area contributed by atoms with Crippen LogP contribution in [0.3, 0.4) is 0 Å². The summed E-state index contributed by atoms with van der Waals surface area (Å²) >= 11 is 9.00. The Morgan fingerprint density at radius 2 is 1.90 bits per heavy atom. The van der Waals surface area contributed by atoms with Gasteiger partial charge in [0, 0.05) is 18.5 Å². The lowest BCUT2D eigenvalue weighted by molar-refractivity contribution is -0.151. The van der Waals surface area contributed by atoms with Gasteiger partial charge in [-0.15, -0.1) is 22.7 Å². The SMILES string of the molecule is COC(=O)C1(c2ccccc2)CCN(C(=O)Cc2csc(-c3ccc(Cl)s3)n2)CC1. The summed E-state index contributed by atoms with van der Waals surface area (Å²) in [6, 6.07) is 13.5. The molecule has 3 heterocycles. The second-order valence-corrected chi connectivity index (χ2v) is 9.82. The van der Waals surface area contributed by atoms with Crippen molar-refractivity contribution >= 4 is 46.2 Å². The fourth-order valence-corrected chi connectivity index (χ4v) is 5.83. The lowest BCUT2D eigenvalue weighted by atomic mass is 9.72. The monoisotopic (exact) mass is 460 g/mol. The average Bonchev–Trinajstić information content (AvgIpc) is 3.42. The van der Waals surface area contributed by atoms with Crippen molar-refractivity contribution in [2.24, 2.45) is 0 Å². The average molecular weight is 461 g/mol. The maximum atomic E-state index is 12.9. The van der Waals surface area contributed by atoms with Crippen LogP contribution in [0.1, 0.15) is 24.1 Å². The second kappa shape index (κ2) is 8.88. The van der Waals surface area contributed by atoms with Gasteiger partial charge in [-0.2, -0.15) is 0 Å². The zero-order valence-corrected chi connectivity index (χ0v) is 18.9. The van der Waals surface area contributed by atoms with E-state index in [9.17, 15) is 9.59 Å². The standard InChI is InChI=1S/C22H21ClN2O3S2/c1-28-21(27)22(15-5-3-2-4-6-15)9-11-25(12-10-22)19(26)13-16-14-29-20(24-16)17-7-8-18(23)30-17/h2-8,14H,9-13H2,1H3. The van der Waals surface area contributed by atoms with Gasteiger partial charge in [0.05, 0.1) is 33.9 Å². The number of hydrogen-bond donors (Lipinski definition) is 0. The fraction of sp³-hybridized carbons (Fsp3) is 0.318. The number of aromatic nitrogens is 1. The Hall–Kier alpha value is -2.22. The molecule has 0 aliphatic carbocycles. The zero-order valence-electron chi connectivity index (χ0n) is 16.5. The highest BCUT2D eigenvalue weighted by Gasteiger charge is 2.44. The molecule has 30 heavy (non-hydrogen) atoms. The van der Waals surface area contributed by atoms with Crippen molar-refractivity contribution in [2.45, 2.75) is 24.7 Å². The zero-order chi connectivity index (χ0) is 21.1. The van der Waals surface area contributed by atoms with Crippen LogP contribution in [-0.4, -0.2) is 42.0 Å². The molecule has 1 aliphatic rings. The first-order valence-electron chi connectivity index (χ1n) is 9.64. The molecule has 0 N–H and O–H groups in total.